The highest BCUT2D eigenvalue weighted by atomic mass is 35.5. The van der Waals surface area contributed by atoms with Gasteiger partial charge < -0.3 is 10.6 Å². The number of carbonyl (C=O) groups is 1. The molecule has 0 aromatic heterocycles. The van der Waals surface area contributed by atoms with Gasteiger partial charge >= 0.3 is 0 Å². The van der Waals surface area contributed by atoms with Crippen molar-refractivity contribution in [2.45, 2.75) is 45.2 Å². The van der Waals surface area contributed by atoms with Crippen LogP contribution in [0.15, 0.2) is 18.2 Å². The number of benzene rings is 1. The zero-order valence-electron chi connectivity index (χ0n) is 12.8. The van der Waals surface area contributed by atoms with Crippen LogP contribution in [0.2, 0.25) is 0 Å². The van der Waals surface area contributed by atoms with Gasteiger partial charge in [-0.15, -0.1) is 12.4 Å². The lowest BCUT2D eigenvalue weighted by Crippen LogP contribution is -2.51. The van der Waals surface area contributed by atoms with E-state index in [-0.39, 0.29) is 36.1 Å². The Hall–Kier alpha value is -1.66. The molecular weight excluding hydrogens is 306 g/mol. The molecule has 1 fully saturated rings. The fraction of sp³-hybridized carbons (Fsp3) is 0.533. The van der Waals surface area contributed by atoms with E-state index in [0.717, 1.165) is 24.8 Å². The molecule has 2 atom stereocenters. The summed E-state index contributed by atoms with van der Waals surface area (Å²) in [6.45, 7) is 4.35. The van der Waals surface area contributed by atoms with Gasteiger partial charge in [0.1, 0.15) is 0 Å². The number of halogens is 1. The van der Waals surface area contributed by atoms with Gasteiger partial charge in [-0.25, -0.2) is 0 Å². The number of rotatable bonds is 3. The lowest BCUT2D eigenvalue weighted by Gasteiger charge is -2.38. The van der Waals surface area contributed by atoms with Gasteiger partial charge in [0, 0.05) is 36.3 Å². The van der Waals surface area contributed by atoms with Gasteiger partial charge in [0.15, 0.2) is 0 Å². The second-order valence-corrected chi connectivity index (χ2v) is 5.68. The SMILES string of the molecule is Cc1ccc([N+](=O)[O-])cc1C(=O)N1CCCCC1C(C)N.Cl. The molecule has 1 amide bonds. The summed E-state index contributed by atoms with van der Waals surface area (Å²) in [6, 6.07) is 4.31. The summed E-state index contributed by atoms with van der Waals surface area (Å²) in [4.78, 5) is 25.0. The van der Waals surface area contributed by atoms with Crippen molar-refractivity contribution >= 4 is 24.0 Å². The molecule has 0 radical (unpaired) electrons. The number of nitro benzene ring substituents is 1. The standard InChI is InChI=1S/C15H21N3O3.ClH/c1-10-6-7-12(18(20)21)9-13(10)15(19)17-8-4-3-5-14(17)11(2)16;/h6-7,9,11,14H,3-5,8,16H2,1-2H3;1H. The van der Waals surface area contributed by atoms with Crippen molar-refractivity contribution in [3.05, 3.63) is 39.4 Å². The molecule has 1 aromatic rings. The molecule has 2 rings (SSSR count). The minimum Gasteiger partial charge on any atom is -0.334 e. The predicted octanol–water partition coefficient (Wildman–Crippen LogP) is 2.67. The topological polar surface area (TPSA) is 89.5 Å². The van der Waals surface area contributed by atoms with Crippen LogP contribution in [0.5, 0.6) is 0 Å². The van der Waals surface area contributed by atoms with Gasteiger partial charge in [-0.2, -0.15) is 0 Å². The molecule has 0 saturated carbocycles. The third kappa shape index (κ3) is 3.75. The van der Waals surface area contributed by atoms with Crippen LogP contribution >= 0.6 is 12.4 Å². The maximum absolute atomic E-state index is 12.8. The van der Waals surface area contributed by atoms with E-state index in [0.29, 0.717) is 12.1 Å². The molecule has 0 aliphatic carbocycles. The van der Waals surface area contributed by atoms with Crippen molar-refractivity contribution in [3.8, 4) is 0 Å². The van der Waals surface area contributed by atoms with E-state index in [4.69, 9.17) is 5.73 Å². The number of aryl methyl sites for hydroxylation is 1. The molecule has 7 heteroatoms. The molecule has 122 valence electrons. The Morgan fingerprint density at radius 3 is 2.73 bits per heavy atom. The van der Waals surface area contributed by atoms with E-state index in [9.17, 15) is 14.9 Å². The number of nitrogens with two attached hydrogens (primary N) is 1. The Morgan fingerprint density at radius 1 is 1.45 bits per heavy atom. The number of hydrogen-bond donors (Lipinski definition) is 1. The summed E-state index contributed by atoms with van der Waals surface area (Å²) < 4.78 is 0. The number of nitrogens with zero attached hydrogens (tertiary/aromatic N) is 2. The number of likely N-dealkylation sites (tertiary alicyclic amines) is 1. The number of carbonyl (C=O) groups excluding carboxylic acids is 1. The molecule has 2 unspecified atom stereocenters. The average molecular weight is 328 g/mol. The largest absolute Gasteiger partial charge is 0.334 e. The molecule has 6 nitrogen and oxygen atoms in total. The zero-order valence-corrected chi connectivity index (χ0v) is 13.6. The van der Waals surface area contributed by atoms with Gasteiger partial charge in [-0.1, -0.05) is 6.07 Å². The number of amides is 1. The first-order valence-electron chi connectivity index (χ1n) is 7.23. The van der Waals surface area contributed by atoms with Crippen LogP contribution in [0, 0.1) is 17.0 Å². The van der Waals surface area contributed by atoms with Gasteiger partial charge in [-0.05, 0) is 38.7 Å². The Bertz CT molecular complexity index is 563. The molecule has 1 aromatic carbocycles. The van der Waals surface area contributed by atoms with Gasteiger partial charge in [0.05, 0.1) is 4.92 Å². The molecule has 0 spiro atoms. The molecular formula is C15H22ClN3O3. The first kappa shape index (κ1) is 18.4. The highest BCUT2D eigenvalue weighted by molar-refractivity contribution is 5.96. The van der Waals surface area contributed by atoms with Crippen LogP contribution < -0.4 is 5.73 Å². The molecule has 1 aliphatic rings. The van der Waals surface area contributed by atoms with E-state index in [1.807, 2.05) is 6.92 Å². The van der Waals surface area contributed by atoms with Crippen LogP contribution in [-0.2, 0) is 0 Å². The summed E-state index contributed by atoms with van der Waals surface area (Å²) in [7, 11) is 0. The highest BCUT2D eigenvalue weighted by Gasteiger charge is 2.31. The van der Waals surface area contributed by atoms with Crippen LogP contribution in [0.25, 0.3) is 0 Å². The first-order valence-corrected chi connectivity index (χ1v) is 7.23. The van der Waals surface area contributed by atoms with Crippen molar-refractivity contribution in [2.75, 3.05) is 6.54 Å². The van der Waals surface area contributed by atoms with Crippen molar-refractivity contribution in [1.82, 2.24) is 4.90 Å². The van der Waals surface area contributed by atoms with Crippen molar-refractivity contribution in [1.29, 1.82) is 0 Å². The van der Waals surface area contributed by atoms with Gasteiger partial charge in [0.2, 0.25) is 0 Å². The quantitative estimate of drug-likeness (QED) is 0.682. The summed E-state index contributed by atoms with van der Waals surface area (Å²) >= 11 is 0. The average Bonchev–Trinajstić information content (AvgIpc) is 2.46. The number of nitro groups is 1. The number of hydrogen-bond acceptors (Lipinski definition) is 4. The summed E-state index contributed by atoms with van der Waals surface area (Å²) in [5.74, 6) is -0.154. The molecule has 1 aliphatic heterocycles. The maximum Gasteiger partial charge on any atom is 0.270 e. The van der Waals surface area contributed by atoms with Crippen LogP contribution in [0.1, 0.15) is 42.1 Å². The predicted molar refractivity (Wildman–Crippen MR) is 87.4 cm³/mol. The van der Waals surface area contributed by atoms with Gasteiger partial charge in [0.25, 0.3) is 11.6 Å². The number of piperidine rings is 1. The second-order valence-electron chi connectivity index (χ2n) is 5.68. The third-order valence-corrected chi connectivity index (χ3v) is 4.08. The maximum atomic E-state index is 12.8. The third-order valence-electron chi connectivity index (χ3n) is 4.08. The van der Waals surface area contributed by atoms with E-state index >= 15 is 0 Å². The fourth-order valence-corrected chi connectivity index (χ4v) is 2.86. The first-order chi connectivity index (χ1) is 9.91. The Morgan fingerprint density at radius 2 is 2.14 bits per heavy atom. The Kier molecular flexibility index (Phi) is 6.32. The zero-order chi connectivity index (χ0) is 15.6. The normalized spacial score (nSPS) is 19.2. The highest BCUT2D eigenvalue weighted by Crippen LogP contribution is 2.24. The molecule has 22 heavy (non-hydrogen) atoms. The van der Waals surface area contributed by atoms with Crippen molar-refractivity contribution < 1.29 is 9.72 Å². The number of non-ortho nitro benzene ring substituents is 1. The molecule has 1 heterocycles. The van der Waals surface area contributed by atoms with E-state index in [1.165, 1.54) is 12.1 Å². The van der Waals surface area contributed by atoms with E-state index in [1.54, 1.807) is 17.9 Å². The Labute approximate surface area is 136 Å². The van der Waals surface area contributed by atoms with Crippen LogP contribution in [0.3, 0.4) is 0 Å². The summed E-state index contributed by atoms with van der Waals surface area (Å²) in [5.41, 5.74) is 7.08. The minimum atomic E-state index is -0.477. The monoisotopic (exact) mass is 327 g/mol. The van der Waals surface area contributed by atoms with E-state index in [2.05, 4.69) is 0 Å². The molecule has 2 N–H and O–H groups in total. The van der Waals surface area contributed by atoms with E-state index < -0.39 is 4.92 Å². The van der Waals surface area contributed by atoms with Crippen LogP contribution in [-0.4, -0.2) is 34.4 Å². The lowest BCUT2D eigenvalue weighted by atomic mass is 9.95. The lowest BCUT2D eigenvalue weighted by molar-refractivity contribution is -0.384. The van der Waals surface area contributed by atoms with Crippen molar-refractivity contribution in [2.24, 2.45) is 5.73 Å². The van der Waals surface area contributed by atoms with Gasteiger partial charge in [-0.3, -0.25) is 14.9 Å². The minimum absolute atomic E-state index is 0. The van der Waals surface area contributed by atoms with Crippen molar-refractivity contribution in [3.63, 3.8) is 0 Å². The molecule has 0 bridgehead atoms. The summed E-state index contributed by atoms with van der Waals surface area (Å²) in [5, 5.41) is 10.9. The molecule has 1 saturated heterocycles. The summed E-state index contributed by atoms with van der Waals surface area (Å²) in [6.07, 6.45) is 2.89. The Balaban J connectivity index is 0.00000242. The smallest absolute Gasteiger partial charge is 0.270 e. The fourth-order valence-electron chi connectivity index (χ4n) is 2.86. The van der Waals surface area contributed by atoms with Crippen LogP contribution in [0.4, 0.5) is 5.69 Å². The second kappa shape index (κ2) is 7.56.